The van der Waals surface area contributed by atoms with E-state index in [-0.39, 0.29) is 17.8 Å². The molecule has 0 aliphatic heterocycles. The maximum absolute atomic E-state index is 11.2. The Hall–Kier alpha value is -1.71. The van der Waals surface area contributed by atoms with E-state index in [9.17, 15) is 4.79 Å². The summed E-state index contributed by atoms with van der Waals surface area (Å²) in [5.74, 6) is 0.259. The van der Waals surface area contributed by atoms with Crippen LogP contribution >= 0.6 is 0 Å². The topological polar surface area (TPSA) is 61.4 Å². The number of nitrogens with one attached hydrogen (secondary N) is 2. The molecule has 2 amide bonds. The minimum atomic E-state index is -0.145. The Morgan fingerprint density at radius 2 is 1.94 bits per heavy atom. The summed E-state index contributed by atoms with van der Waals surface area (Å²) in [6.45, 7) is 4.42. The number of carbonyl (C=O) groups excluding carboxylic acids is 1. The van der Waals surface area contributed by atoms with Gasteiger partial charge < -0.3 is 15.7 Å². The van der Waals surface area contributed by atoms with Crippen molar-refractivity contribution in [1.29, 1.82) is 0 Å². The molecule has 0 fully saturated rings. The van der Waals surface area contributed by atoms with Crippen LogP contribution in [-0.4, -0.2) is 23.7 Å². The van der Waals surface area contributed by atoms with Crippen LogP contribution < -0.4 is 10.6 Å². The van der Waals surface area contributed by atoms with Crippen molar-refractivity contribution in [3.05, 3.63) is 29.8 Å². The van der Waals surface area contributed by atoms with Gasteiger partial charge in [0, 0.05) is 12.6 Å². The number of carbonyl (C=O) groups is 1. The molecule has 0 aromatic heterocycles. The molecule has 0 saturated heterocycles. The predicted octanol–water partition coefficient (Wildman–Crippen LogP) is 1.64. The second-order valence-electron chi connectivity index (χ2n) is 3.97. The van der Waals surface area contributed by atoms with Crippen LogP contribution in [0.3, 0.4) is 0 Å². The van der Waals surface area contributed by atoms with Crippen LogP contribution in [-0.2, 0) is 6.42 Å². The first kappa shape index (κ1) is 12.4. The fourth-order valence-electron chi connectivity index (χ4n) is 1.30. The van der Waals surface area contributed by atoms with E-state index in [1.54, 1.807) is 12.1 Å². The molecule has 0 atom stereocenters. The summed E-state index contributed by atoms with van der Waals surface area (Å²) in [4.78, 5) is 11.2. The Labute approximate surface area is 95.7 Å². The summed E-state index contributed by atoms with van der Waals surface area (Å²) in [5, 5.41) is 14.6. The number of amides is 2. The van der Waals surface area contributed by atoms with Crippen LogP contribution in [0.15, 0.2) is 24.3 Å². The van der Waals surface area contributed by atoms with E-state index in [1.165, 1.54) is 0 Å². The molecular formula is C12H18N2O2. The molecular weight excluding hydrogens is 204 g/mol. The molecule has 0 unspecified atom stereocenters. The summed E-state index contributed by atoms with van der Waals surface area (Å²) >= 11 is 0. The van der Waals surface area contributed by atoms with Gasteiger partial charge in [-0.1, -0.05) is 12.1 Å². The largest absolute Gasteiger partial charge is 0.508 e. The Balaban J connectivity index is 2.25. The van der Waals surface area contributed by atoms with Crippen LogP contribution in [0.2, 0.25) is 0 Å². The number of phenolic OH excluding ortho intramolecular Hbond substituents is 1. The van der Waals surface area contributed by atoms with E-state index >= 15 is 0 Å². The third kappa shape index (κ3) is 4.68. The lowest BCUT2D eigenvalue weighted by Gasteiger charge is -2.09. The van der Waals surface area contributed by atoms with Crippen LogP contribution in [0, 0.1) is 0 Å². The standard InChI is InChI=1S/C12H18N2O2/c1-9(2)14-12(16)13-8-7-10-3-5-11(15)6-4-10/h3-6,9,15H,7-8H2,1-2H3,(H2,13,14,16). The number of hydrogen-bond donors (Lipinski definition) is 3. The molecule has 1 rings (SSSR count). The molecule has 0 heterocycles. The van der Waals surface area contributed by atoms with E-state index in [2.05, 4.69) is 10.6 Å². The molecule has 0 spiro atoms. The van der Waals surface area contributed by atoms with Crippen molar-refractivity contribution < 1.29 is 9.90 Å². The van der Waals surface area contributed by atoms with Gasteiger partial charge >= 0.3 is 6.03 Å². The van der Waals surface area contributed by atoms with E-state index in [0.717, 1.165) is 12.0 Å². The Morgan fingerprint density at radius 3 is 2.50 bits per heavy atom. The van der Waals surface area contributed by atoms with Gasteiger partial charge in [0.1, 0.15) is 5.75 Å². The quantitative estimate of drug-likeness (QED) is 0.725. The highest BCUT2D eigenvalue weighted by Crippen LogP contribution is 2.09. The van der Waals surface area contributed by atoms with Gasteiger partial charge in [-0.3, -0.25) is 0 Å². The average Bonchev–Trinajstić information content (AvgIpc) is 2.20. The number of urea groups is 1. The van der Waals surface area contributed by atoms with E-state index in [4.69, 9.17) is 5.11 Å². The molecule has 16 heavy (non-hydrogen) atoms. The highest BCUT2D eigenvalue weighted by atomic mass is 16.3. The van der Waals surface area contributed by atoms with Crippen molar-refractivity contribution >= 4 is 6.03 Å². The van der Waals surface area contributed by atoms with Crippen LogP contribution in [0.5, 0.6) is 5.75 Å². The molecule has 1 aromatic carbocycles. The molecule has 3 N–H and O–H groups in total. The van der Waals surface area contributed by atoms with E-state index in [1.807, 2.05) is 26.0 Å². The first-order chi connectivity index (χ1) is 7.58. The van der Waals surface area contributed by atoms with Crippen molar-refractivity contribution in [2.75, 3.05) is 6.54 Å². The van der Waals surface area contributed by atoms with Crippen LogP contribution in [0.4, 0.5) is 4.79 Å². The number of rotatable bonds is 4. The van der Waals surface area contributed by atoms with Gasteiger partial charge in [-0.05, 0) is 38.0 Å². The molecule has 1 aromatic rings. The maximum Gasteiger partial charge on any atom is 0.314 e. The maximum atomic E-state index is 11.2. The van der Waals surface area contributed by atoms with Crippen molar-refractivity contribution in [3.63, 3.8) is 0 Å². The fraction of sp³-hybridized carbons (Fsp3) is 0.417. The smallest absolute Gasteiger partial charge is 0.314 e. The summed E-state index contributed by atoms with van der Waals surface area (Å²) in [7, 11) is 0. The van der Waals surface area contributed by atoms with Crippen molar-refractivity contribution in [3.8, 4) is 5.75 Å². The zero-order valence-corrected chi connectivity index (χ0v) is 9.66. The van der Waals surface area contributed by atoms with Gasteiger partial charge in [-0.15, -0.1) is 0 Å². The lowest BCUT2D eigenvalue weighted by Crippen LogP contribution is -2.40. The van der Waals surface area contributed by atoms with Gasteiger partial charge in [0.2, 0.25) is 0 Å². The Bertz CT molecular complexity index is 333. The summed E-state index contributed by atoms with van der Waals surface area (Å²) in [5.41, 5.74) is 1.09. The zero-order chi connectivity index (χ0) is 12.0. The molecule has 0 saturated carbocycles. The summed E-state index contributed by atoms with van der Waals surface area (Å²) in [6, 6.07) is 6.98. The first-order valence-electron chi connectivity index (χ1n) is 5.40. The van der Waals surface area contributed by atoms with E-state index in [0.29, 0.717) is 6.54 Å². The lowest BCUT2D eigenvalue weighted by atomic mass is 10.1. The van der Waals surface area contributed by atoms with Gasteiger partial charge in [0.15, 0.2) is 0 Å². The summed E-state index contributed by atoms with van der Waals surface area (Å²) in [6.07, 6.45) is 0.756. The third-order valence-electron chi connectivity index (χ3n) is 2.06. The molecule has 4 heteroatoms. The molecule has 4 nitrogen and oxygen atoms in total. The monoisotopic (exact) mass is 222 g/mol. The molecule has 0 bridgehead atoms. The Kier molecular flexibility index (Phi) is 4.64. The van der Waals surface area contributed by atoms with Crippen LogP contribution in [0.1, 0.15) is 19.4 Å². The minimum Gasteiger partial charge on any atom is -0.508 e. The average molecular weight is 222 g/mol. The van der Waals surface area contributed by atoms with Crippen molar-refractivity contribution in [2.24, 2.45) is 0 Å². The number of benzene rings is 1. The van der Waals surface area contributed by atoms with Gasteiger partial charge in [0.05, 0.1) is 0 Å². The van der Waals surface area contributed by atoms with Crippen molar-refractivity contribution in [1.82, 2.24) is 10.6 Å². The molecule has 0 aliphatic carbocycles. The van der Waals surface area contributed by atoms with Crippen molar-refractivity contribution in [2.45, 2.75) is 26.3 Å². The second kappa shape index (κ2) is 6.00. The third-order valence-corrected chi connectivity index (χ3v) is 2.06. The van der Waals surface area contributed by atoms with E-state index < -0.39 is 0 Å². The number of phenols is 1. The predicted molar refractivity (Wildman–Crippen MR) is 63.5 cm³/mol. The highest BCUT2D eigenvalue weighted by Gasteiger charge is 2.01. The Morgan fingerprint density at radius 1 is 1.31 bits per heavy atom. The molecule has 0 radical (unpaired) electrons. The first-order valence-corrected chi connectivity index (χ1v) is 5.40. The minimum absolute atomic E-state index is 0.145. The highest BCUT2D eigenvalue weighted by molar-refractivity contribution is 5.74. The number of hydrogen-bond acceptors (Lipinski definition) is 2. The fourth-order valence-corrected chi connectivity index (χ4v) is 1.30. The SMILES string of the molecule is CC(C)NC(=O)NCCc1ccc(O)cc1. The normalized spacial score (nSPS) is 10.2. The van der Waals surface area contributed by atoms with Gasteiger partial charge in [-0.25, -0.2) is 4.79 Å². The van der Waals surface area contributed by atoms with Gasteiger partial charge in [0.25, 0.3) is 0 Å². The molecule has 0 aliphatic rings. The zero-order valence-electron chi connectivity index (χ0n) is 9.66. The number of aromatic hydroxyl groups is 1. The van der Waals surface area contributed by atoms with Crippen LogP contribution in [0.25, 0.3) is 0 Å². The lowest BCUT2D eigenvalue weighted by molar-refractivity contribution is 0.238. The molecule has 88 valence electrons. The second-order valence-corrected chi connectivity index (χ2v) is 3.97. The summed E-state index contributed by atoms with van der Waals surface area (Å²) < 4.78 is 0. The van der Waals surface area contributed by atoms with Gasteiger partial charge in [-0.2, -0.15) is 0 Å².